The van der Waals surface area contributed by atoms with Gasteiger partial charge in [-0.3, -0.25) is 4.98 Å². The van der Waals surface area contributed by atoms with E-state index in [1.165, 1.54) is 44.6 Å². The smallest absolute Gasteiger partial charge is 0.335 e. The summed E-state index contributed by atoms with van der Waals surface area (Å²) in [7, 11) is 0. The summed E-state index contributed by atoms with van der Waals surface area (Å²) in [5, 5.41) is 12.5. The highest BCUT2D eigenvalue weighted by Gasteiger charge is 2.11. The summed E-state index contributed by atoms with van der Waals surface area (Å²) in [4.78, 5) is 15.1. The predicted molar refractivity (Wildman–Crippen MR) is 74.4 cm³/mol. The van der Waals surface area contributed by atoms with Gasteiger partial charge in [-0.25, -0.2) is 4.79 Å². The van der Waals surface area contributed by atoms with Crippen molar-refractivity contribution in [2.24, 2.45) is 0 Å². The highest BCUT2D eigenvalue weighted by Crippen LogP contribution is 2.17. The van der Waals surface area contributed by atoms with Gasteiger partial charge in [0.2, 0.25) is 0 Å². The molecule has 2 rings (SSSR count). The monoisotopic (exact) mass is 262 g/mol. The van der Waals surface area contributed by atoms with Crippen molar-refractivity contribution in [1.29, 1.82) is 0 Å². The first-order valence-corrected chi connectivity index (χ1v) is 7.17. The summed E-state index contributed by atoms with van der Waals surface area (Å²) in [5.74, 6) is -0.889. The Bertz CT molecular complexity index is 412. The highest BCUT2D eigenvalue weighted by molar-refractivity contribution is 5.87. The molecule has 4 nitrogen and oxygen atoms in total. The van der Waals surface area contributed by atoms with Crippen molar-refractivity contribution in [3.05, 3.63) is 29.6 Å². The van der Waals surface area contributed by atoms with Gasteiger partial charge in [0.25, 0.3) is 0 Å². The predicted octanol–water partition coefficient (Wildman–Crippen LogP) is 2.63. The fourth-order valence-corrected chi connectivity index (χ4v) is 2.64. The van der Waals surface area contributed by atoms with E-state index in [0.29, 0.717) is 11.6 Å². The molecule has 0 unspecified atom stereocenters. The molecule has 1 aliphatic carbocycles. The lowest BCUT2D eigenvalue weighted by atomic mass is 10.1. The third-order valence-electron chi connectivity index (χ3n) is 3.73. The van der Waals surface area contributed by atoms with Crippen LogP contribution >= 0.6 is 0 Å². The van der Waals surface area contributed by atoms with Crippen LogP contribution in [-0.2, 0) is 6.42 Å². The number of carbonyl (C=O) groups is 1. The number of aromatic carboxylic acids is 1. The Labute approximate surface area is 114 Å². The Morgan fingerprint density at radius 3 is 2.74 bits per heavy atom. The molecule has 4 heteroatoms. The van der Waals surface area contributed by atoms with Crippen LogP contribution in [0.15, 0.2) is 18.3 Å². The maximum absolute atomic E-state index is 10.9. The van der Waals surface area contributed by atoms with E-state index in [0.717, 1.165) is 18.7 Å². The SMILES string of the molecule is O=C(O)c1ccnc(CCNC2CCCCCC2)c1. The van der Waals surface area contributed by atoms with E-state index in [-0.39, 0.29) is 0 Å². The van der Waals surface area contributed by atoms with Gasteiger partial charge >= 0.3 is 5.97 Å². The van der Waals surface area contributed by atoms with Gasteiger partial charge < -0.3 is 10.4 Å². The van der Waals surface area contributed by atoms with Crippen molar-refractivity contribution < 1.29 is 9.90 Å². The molecule has 0 atom stereocenters. The summed E-state index contributed by atoms with van der Waals surface area (Å²) < 4.78 is 0. The summed E-state index contributed by atoms with van der Waals surface area (Å²) >= 11 is 0. The molecular formula is C15H22N2O2. The molecule has 0 radical (unpaired) electrons. The molecule has 19 heavy (non-hydrogen) atoms. The molecule has 0 bridgehead atoms. The van der Waals surface area contributed by atoms with Crippen LogP contribution in [0.25, 0.3) is 0 Å². The molecule has 1 fully saturated rings. The molecule has 1 heterocycles. The maximum Gasteiger partial charge on any atom is 0.335 e. The van der Waals surface area contributed by atoms with Crippen molar-refractivity contribution >= 4 is 5.97 Å². The molecule has 1 saturated carbocycles. The van der Waals surface area contributed by atoms with Crippen LogP contribution in [0.3, 0.4) is 0 Å². The first kappa shape index (κ1) is 14.0. The zero-order valence-corrected chi connectivity index (χ0v) is 11.3. The molecule has 0 aliphatic heterocycles. The Kier molecular flexibility index (Phi) is 5.33. The van der Waals surface area contributed by atoms with Crippen molar-refractivity contribution in [3.63, 3.8) is 0 Å². The van der Waals surface area contributed by atoms with Crippen LogP contribution in [-0.4, -0.2) is 28.6 Å². The van der Waals surface area contributed by atoms with E-state index in [4.69, 9.17) is 5.11 Å². The molecule has 1 aromatic rings. The van der Waals surface area contributed by atoms with E-state index < -0.39 is 5.97 Å². The molecule has 0 aromatic carbocycles. The van der Waals surface area contributed by atoms with Gasteiger partial charge in [-0.05, 0) is 25.0 Å². The average Bonchev–Trinajstić information content (AvgIpc) is 2.68. The van der Waals surface area contributed by atoms with Crippen LogP contribution < -0.4 is 5.32 Å². The molecule has 2 N–H and O–H groups in total. The molecule has 1 aromatic heterocycles. The summed E-state index contributed by atoms with van der Waals surface area (Å²) in [6.45, 7) is 0.876. The van der Waals surface area contributed by atoms with Gasteiger partial charge in [-0.2, -0.15) is 0 Å². The molecule has 0 saturated heterocycles. The second-order valence-corrected chi connectivity index (χ2v) is 5.23. The maximum atomic E-state index is 10.9. The average molecular weight is 262 g/mol. The normalized spacial score (nSPS) is 17.1. The molecule has 104 valence electrons. The van der Waals surface area contributed by atoms with Crippen LogP contribution in [0.1, 0.15) is 54.6 Å². The quantitative estimate of drug-likeness (QED) is 0.801. The van der Waals surface area contributed by atoms with Crippen LogP contribution in [0.5, 0.6) is 0 Å². The number of hydrogen-bond donors (Lipinski definition) is 2. The number of rotatable bonds is 5. The summed E-state index contributed by atoms with van der Waals surface area (Å²) in [6, 6.07) is 3.83. The second-order valence-electron chi connectivity index (χ2n) is 5.23. The summed E-state index contributed by atoms with van der Waals surface area (Å²) in [5.41, 5.74) is 1.17. The Hall–Kier alpha value is -1.42. The van der Waals surface area contributed by atoms with E-state index in [1.54, 1.807) is 12.3 Å². The minimum atomic E-state index is -0.889. The zero-order chi connectivity index (χ0) is 13.5. The first-order chi connectivity index (χ1) is 9.25. The lowest BCUT2D eigenvalue weighted by Gasteiger charge is -2.15. The Balaban J connectivity index is 1.78. The van der Waals surface area contributed by atoms with Gasteiger partial charge in [-0.15, -0.1) is 0 Å². The van der Waals surface area contributed by atoms with Crippen LogP contribution in [0, 0.1) is 0 Å². The van der Waals surface area contributed by atoms with Gasteiger partial charge in [-0.1, -0.05) is 25.7 Å². The number of aromatic nitrogens is 1. The number of carboxylic acid groups (broad SMARTS) is 1. The third kappa shape index (κ3) is 4.63. The van der Waals surface area contributed by atoms with Crippen LogP contribution in [0.2, 0.25) is 0 Å². The molecule has 0 amide bonds. The number of carboxylic acids is 1. The van der Waals surface area contributed by atoms with Gasteiger partial charge in [0.05, 0.1) is 5.56 Å². The lowest BCUT2D eigenvalue weighted by Crippen LogP contribution is -2.30. The summed E-state index contributed by atoms with van der Waals surface area (Å²) in [6.07, 6.45) is 10.3. The van der Waals surface area contributed by atoms with Gasteiger partial charge in [0.1, 0.15) is 0 Å². The highest BCUT2D eigenvalue weighted by atomic mass is 16.4. The van der Waals surface area contributed by atoms with Gasteiger partial charge in [0.15, 0.2) is 0 Å². The minimum Gasteiger partial charge on any atom is -0.478 e. The first-order valence-electron chi connectivity index (χ1n) is 7.17. The van der Waals surface area contributed by atoms with Crippen molar-refractivity contribution in [2.45, 2.75) is 51.0 Å². The zero-order valence-electron chi connectivity index (χ0n) is 11.3. The fourth-order valence-electron chi connectivity index (χ4n) is 2.64. The number of nitrogens with zero attached hydrogens (tertiary/aromatic N) is 1. The van der Waals surface area contributed by atoms with E-state index in [9.17, 15) is 4.79 Å². The van der Waals surface area contributed by atoms with Gasteiger partial charge in [0, 0.05) is 30.9 Å². The number of pyridine rings is 1. The van der Waals surface area contributed by atoms with E-state index in [1.807, 2.05) is 0 Å². The van der Waals surface area contributed by atoms with E-state index in [2.05, 4.69) is 10.3 Å². The second kappa shape index (κ2) is 7.24. The van der Waals surface area contributed by atoms with Crippen molar-refractivity contribution in [3.8, 4) is 0 Å². The number of hydrogen-bond acceptors (Lipinski definition) is 3. The lowest BCUT2D eigenvalue weighted by molar-refractivity contribution is 0.0696. The van der Waals surface area contributed by atoms with E-state index >= 15 is 0 Å². The largest absolute Gasteiger partial charge is 0.478 e. The molecular weight excluding hydrogens is 240 g/mol. The molecule has 1 aliphatic rings. The van der Waals surface area contributed by atoms with Crippen molar-refractivity contribution in [1.82, 2.24) is 10.3 Å². The Morgan fingerprint density at radius 2 is 2.05 bits per heavy atom. The minimum absolute atomic E-state index is 0.319. The number of nitrogens with one attached hydrogen (secondary N) is 1. The third-order valence-corrected chi connectivity index (χ3v) is 3.73. The topological polar surface area (TPSA) is 62.2 Å². The molecule has 0 spiro atoms. The Morgan fingerprint density at radius 1 is 1.32 bits per heavy atom. The standard InChI is InChI=1S/C15H22N2O2/c18-15(19)12-7-9-17-14(11-12)8-10-16-13-5-3-1-2-4-6-13/h7,9,11,13,16H,1-6,8,10H2,(H,18,19). The van der Waals surface area contributed by atoms with Crippen LogP contribution in [0.4, 0.5) is 0 Å². The van der Waals surface area contributed by atoms with Crippen molar-refractivity contribution in [2.75, 3.05) is 6.54 Å². The fraction of sp³-hybridized carbons (Fsp3) is 0.600.